The van der Waals surface area contributed by atoms with Gasteiger partial charge in [-0.25, -0.2) is 18.4 Å². The van der Waals surface area contributed by atoms with Gasteiger partial charge in [-0.2, -0.15) is 0 Å². The molecule has 0 saturated carbocycles. The van der Waals surface area contributed by atoms with Crippen molar-refractivity contribution in [3.8, 4) is 11.1 Å². The monoisotopic (exact) mass is 519 g/mol. The molecule has 0 spiro atoms. The Labute approximate surface area is 216 Å². The molecule has 9 heteroatoms. The maximum Gasteiger partial charge on any atom is 0.261 e. The zero-order valence-electron chi connectivity index (χ0n) is 20.1. The summed E-state index contributed by atoms with van der Waals surface area (Å²) >= 11 is 5.39. The first-order chi connectivity index (χ1) is 17.4. The number of fused-ring (bicyclic) bond motifs is 1. The summed E-state index contributed by atoms with van der Waals surface area (Å²) in [7, 11) is -3.68. The van der Waals surface area contributed by atoms with E-state index in [1.807, 2.05) is 25.1 Å². The van der Waals surface area contributed by atoms with Gasteiger partial charge in [0.25, 0.3) is 10.0 Å². The highest BCUT2D eigenvalue weighted by Gasteiger charge is 2.17. The largest absolute Gasteiger partial charge is 0.377 e. The van der Waals surface area contributed by atoms with Gasteiger partial charge in [0.1, 0.15) is 5.82 Å². The van der Waals surface area contributed by atoms with Crippen LogP contribution in [0.5, 0.6) is 0 Å². The van der Waals surface area contributed by atoms with E-state index in [4.69, 9.17) is 12.2 Å². The fraction of sp³-hybridized carbons (Fsp3) is 0.296. The molecule has 1 unspecified atom stereocenters. The van der Waals surface area contributed by atoms with Gasteiger partial charge in [-0.15, -0.1) is 0 Å². The zero-order valence-corrected chi connectivity index (χ0v) is 21.8. The maximum absolute atomic E-state index is 12.8. The van der Waals surface area contributed by atoms with Gasteiger partial charge in [-0.05, 0) is 68.0 Å². The van der Waals surface area contributed by atoms with Gasteiger partial charge in [-0.3, -0.25) is 4.72 Å². The molecule has 4 aromatic rings. The summed E-state index contributed by atoms with van der Waals surface area (Å²) in [5, 5.41) is 3.47. The topological polar surface area (TPSA) is 99.8 Å². The van der Waals surface area contributed by atoms with E-state index in [0.29, 0.717) is 17.4 Å². The van der Waals surface area contributed by atoms with Crippen molar-refractivity contribution in [1.82, 2.24) is 20.3 Å². The summed E-state index contributed by atoms with van der Waals surface area (Å²) in [6, 6.07) is 16.5. The van der Waals surface area contributed by atoms with E-state index >= 15 is 0 Å². The number of thiocarbonyl (C=S) groups is 1. The molecule has 0 radical (unpaired) electrons. The summed E-state index contributed by atoms with van der Waals surface area (Å²) in [6.07, 6.45) is 8.05. The summed E-state index contributed by atoms with van der Waals surface area (Å²) in [5.41, 5.74) is 4.76. The van der Waals surface area contributed by atoms with Crippen molar-refractivity contribution >= 4 is 44.1 Å². The molecule has 5 rings (SSSR count). The molecule has 2 aromatic carbocycles. The molecule has 2 aromatic heterocycles. The van der Waals surface area contributed by atoms with Gasteiger partial charge < -0.3 is 10.3 Å². The van der Waals surface area contributed by atoms with Gasteiger partial charge >= 0.3 is 0 Å². The molecular formula is C27H29N5O2S2. The van der Waals surface area contributed by atoms with Crippen LogP contribution in [0.4, 0.5) is 5.69 Å². The van der Waals surface area contributed by atoms with Crippen molar-refractivity contribution < 1.29 is 8.42 Å². The number of benzene rings is 2. The number of hydrogen-bond acceptors (Lipinski definition) is 5. The predicted octanol–water partition coefficient (Wildman–Crippen LogP) is 5.53. The molecule has 1 atom stereocenters. The van der Waals surface area contributed by atoms with Crippen LogP contribution < -0.4 is 10.0 Å². The summed E-state index contributed by atoms with van der Waals surface area (Å²) < 4.78 is 28.4. The van der Waals surface area contributed by atoms with Crippen molar-refractivity contribution in [2.45, 2.75) is 56.4 Å². The Bertz CT molecular complexity index is 1500. The Balaban J connectivity index is 1.29. The molecule has 1 aliphatic rings. The van der Waals surface area contributed by atoms with E-state index in [-0.39, 0.29) is 4.90 Å². The number of anilines is 1. The third kappa shape index (κ3) is 5.57. The predicted molar refractivity (Wildman–Crippen MR) is 148 cm³/mol. The Morgan fingerprint density at radius 1 is 1.08 bits per heavy atom. The second-order valence-corrected chi connectivity index (χ2v) is 11.4. The fourth-order valence-electron chi connectivity index (χ4n) is 4.52. The number of pyridine rings is 1. The molecule has 0 amide bonds. The minimum atomic E-state index is -3.68. The molecule has 1 saturated heterocycles. The van der Waals surface area contributed by atoms with Gasteiger partial charge in [0, 0.05) is 24.2 Å². The van der Waals surface area contributed by atoms with Crippen LogP contribution in [0.15, 0.2) is 65.7 Å². The van der Waals surface area contributed by atoms with Crippen molar-refractivity contribution in [1.29, 1.82) is 0 Å². The van der Waals surface area contributed by atoms with Crippen molar-refractivity contribution in [2.24, 2.45) is 0 Å². The quantitative estimate of drug-likeness (QED) is 0.278. The number of H-pyrrole nitrogens is 1. The highest BCUT2D eigenvalue weighted by atomic mass is 32.2. The lowest BCUT2D eigenvalue weighted by atomic mass is 10.1. The first-order valence-corrected chi connectivity index (χ1v) is 14.1. The van der Waals surface area contributed by atoms with Crippen LogP contribution in [0.3, 0.4) is 0 Å². The van der Waals surface area contributed by atoms with E-state index < -0.39 is 10.0 Å². The van der Waals surface area contributed by atoms with Crippen molar-refractivity contribution in [3.63, 3.8) is 0 Å². The molecule has 7 nitrogen and oxygen atoms in total. The van der Waals surface area contributed by atoms with E-state index in [0.717, 1.165) is 65.1 Å². The Kier molecular flexibility index (Phi) is 7.02. The van der Waals surface area contributed by atoms with Crippen molar-refractivity contribution in [3.05, 3.63) is 72.2 Å². The third-order valence-electron chi connectivity index (χ3n) is 6.57. The number of imidazole rings is 1. The Morgan fingerprint density at radius 2 is 1.89 bits per heavy atom. The lowest BCUT2D eigenvalue weighted by molar-refractivity contribution is 0.513. The lowest BCUT2D eigenvalue weighted by Crippen LogP contribution is -2.32. The molecule has 36 heavy (non-hydrogen) atoms. The fourth-order valence-corrected chi connectivity index (χ4v) is 5.96. The third-order valence-corrected chi connectivity index (χ3v) is 8.28. The average molecular weight is 520 g/mol. The SMILES string of the molecule is Cc1ccccc1NS(=O)(=O)c1ccc(-c2cnc3nc(CCC4CCCCC(=S)N4)[nH]c3c2)cc1. The molecule has 0 aliphatic carbocycles. The molecule has 1 aliphatic heterocycles. The number of nitrogens with one attached hydrogen (secondary N) is 3. The highest BCUT2D eigenvalue weighted by molar-refractivity contribution is 7.92. The molecule has 3 N–H and O–H groups in total. The summed E-state index contributed by atoms with van der Waals surface area (Å²) in [4.78, 5) is 13.8. The summed E-state index contributed by atoms with van der Waals surface area (Å²) in [5.74, 6) is 0.912. The summed E-state index contributed by atoms with van der Waals surface area (Å²) in [6.45, 7) is 1.87. The maximum atomic E-state index is 12.8. The van der Waals surface area contributed by atoms with Crippen LogP contribution in [-0.2, 0) is 16.4 Å². The number of aromatic amines is 1. The smallest absolute Gasteiger partial charge is 0.261 e. The number of nitrogens with zero attached hydrogens (tertiary/aromatic N) is 2. The van der Waals surface area contributed by atoms with Gasteiger partial charge in [-0.1, -0.05) is 49.0 Å². The molecular weight excluding hydrogens is 490 g/mol. The number of sulfonamides is 1. The standard InChI is InChI=1S/C27H29N5O2S2/c1-18-6-2-4-8-23(18)32-36(33,34)22-13-10-19(11-14-22)20-16-24-27(28-17-20)31-25(30-24)15-12-21-7-3-5-9-26(35)29-21/h2,4,6,8,10-11,13-14,16-17,21,32H,3,5,7,9,12,15H2,1H3,(H,29,35)(H,28,30,31). The normalized spacial score (nSPS) is 16.5. The first kappa shape index (κ1) is 24.4. The van der Waals surface area contributed by atoms with Crippen LogP contribution >= 0.6 is 12.2 Å². The highest BCUT2D eigenvalue weighted by Crippen LogP contribution is 2.25. The number of para-hydroxylation sites is 1. The van der Waals surface area contributed by atoms with Gasteiger partial charge in [0.2, 0.25) is 0 Å². The molecule has 0 bridgehead atoms. The van der Waals surface area contributed by atoms with E-state index in [2.05, 4.69) is 25.0 Å². The minimum Gasteiger partial charge on any atom is -0.377 e. The Hall–Kier alpha value is -3.30. The van der Waals surface area contributed by atoms with Crippen LogP contribution in [0.2, 0.25) is 0 Å². The van der Waals surface area contributed by atoms with Gasteiger partial charge in [0.15, 0.2) is 5.65 Å². The number of aryl methyl sites for hydroxylation is 2. The van der Waals surface area contributed by atoms with E-state index in [9.17, 15) is 8.42 Å². The second-order valence-electron chi connectivity index (χ2n) is 9.27. The van der Waals surface area contributed by atoms with Crippen LogP contribution in [0, 0.1) is 6.92 Å². The second kappa shape index (κ2) is 10.4. The average Bonchev–Trinajstić information content (AvgIpc) is 3.16. The number of hydrogen-bond donors (Lipinski definition) is 3. The number of rotatable bonds is 7. The van der Waals surface area contributed by atoms with E-state index in [1.165, 1.54) is 6.42 Å². The molecule has 1 fully saturated rings. The van der Waals surface area contributed by atoms with Crippen LogP contribution in [-0.4, -0.2) is 34.4 Å². The lowest BCUT2D eigenvalue weighted by Gasteiger charge is -2.16. The first-order valence-electron chi connectivity index (χ1n) is 12.2. The Morgan fingerprint density at radius 3 is 2.69 bits per heavy atom. The minimum absolute atomic E-state index is 0.207. The number of aromatic nitrogens is 3. The van der Waals surface area contributed by atoms with Crippen molar-refractivity contribution in [2.75, 3.05) is 4.72 Å². The van der Waals surface area contributed by atoms with Gasteiger partial charge in [0.05, 0.1) is 21.1 Å². The van der Waals surface area contributed by atoms with Crippen LogP contribution in [0.25, 0.3) is 22.3 Å². The molecule has 186 valence electrons. The van der Waals surface area contributed by atoms with Crippen LogP contribution in [0.1, 0.15) is 43.5 Å². The zero-order chi connectivity index (χ0) is 25.1. The molecule has 3 heterocycles. The van der Waals surface area contributed by atoms with E-state index in [1.54, 1.807) is 42.6 Å².